The number of rotatable bonds is 9. The Morgan fingerprint density at radius 1 is 1.23 bits per heavy atom. The van der Waals surface area contributed by atoms with E-state index in [1.54, 1.807) is 18.2 Å². The lowest BCUT2D eigenvalue weighted by atomic mass is 9.70. The molecule has 2 aromatic carbocycles. The van der Waals surface area contributed by atoms with E-state index in [0.717, 1.165) is 49.2 Å². The number of amides is 1. The quantitative estimate of drug-likeness (QED) is 0.251. The summed E-state index contributed by atoms with van der Waals surface area (Å²) in [4.78, 5) is 15.4. The van der Waals surface area contributed by atoms with Crippen LogP contribution in [0.2, 0.25) is 5.02 Å². The number of ether oxygens (including phenoxy) is 1. The van der Waals surface area contributed by atoms with Gasteiger partial charge in [-0.2, -0.15) is 10.6 Å². The number of benzene rings is 2. The summed E-state index contributed by atoms with van der Waals surface area (Å²) in [6, 6.07) is 11.4. The first-order valence-electron chi connectivity index (χ1n) is 14.1. The van der Waals surface area contributed by atoms with Crippen LogP contribution in [-0.2, 0) is 27.8 Å². The Morgan fingerprint density at radius 2 is 2.05 bits per heavy atom. The number of anilines is 1. The fraction of sp³-hybridized carbons (Fsp3) is 0.469. The number of fused-ring (bicyclic) bond motifs is 2. The molecule has 1 N–H and O–H groups in total. The highest BCUT2D eigenvalue weighted by Gasteiger charge is 2.36. The molecular weight excluding hydrogens is 544 g/mol. The van der Waals surface area contributed by atoms with Crippen LogP contribution in [0.4, 0.5) is 5.69 Å². The van der Waals surface area contributed by atoms with Gasteiger partial charge in [0.15, 0.2) is 0 Å². The number of halogens is 1. The van der Waals surface area contributed by atoms with Crippen LogP contribution in [0.3, 0.4) is 0 Å². The molecule has 40 heavy (non-hydrogen) atoms. The van der Waals surface area contributed by atoms with Crippen molar-refractivity contribution in [2.45, 2.75) is 58.1 Å². The van der Waals surface area contributed by atoms with Gasteiger partial charge in [-0.05, 0) is 91.8 Å². The van der Waals surface area contributed by atoms with E-state index < -0.39 is 22.6 Å². The average molecular weight is 584 g/mol. The number of nitrogens with zero attached hydrogens (tertiary/aromatic N) is 2. The van der Waals surface area contributed by atoms with E-state index in [9.17, 15) is 14.1 Å². The molecule has 1 saturated carbocycles. The molecule has 0 saturated heterocycles. The molecule has 0 aromatic heterocycles. The first-order chi connectivity index (χ1) is 19.3. The van der Waals surface area contributed by atoms with Crippen LogP contribution in [0.5, 0.6) is 5.75 Å². The largest absolute Gasteiger partial charge is 0.491 e. The van der Waals surface area contributed by atoms with Gasteiger partial charge in [0.05, 0.1) is 18.4 Å². The predicted octanol–water partition coefficient (Wildman–Crippen LogP) is 7.13. The maximum atomic E-state index is 13.1. The molecule has 8 heteroatoms. The van der Waals surface area contributed by atoms with Crippen LogP contribution in [0, 0.1) is 17.8 Å². The van der Waals surface area contributed by atoms with Crippen molar-refractivity contribution in [1.29, 1.82) is 0 Å². The molecule has 4 rings (SSSR count). The van der Waals surface area contributed by atoms with Gasteiger partial charge in [0, 0.05) is 23.7 Å². The van der Waals surface area contributed by atoms with Crippen LogP contribution < -0.4 is 9.64 Å². The van der Waals surface area contributed by atoms with E-state index in [2.05, 4.69) is 28.5 Å². The average Bonchev–Trinajstić information content (AvgIpc) is 2.93. The molecule has 0 bridgehead atoms. The molecule has 0 radical (unpaired) electrons. The van der Waals surface area contributed by atoms with Gasteiger partial charge in [-0.15, -0.1) is 13.2 Å². The fourth-order valence-corrected chi connectivity index (χ4v) is 6.74. The number of hydrogen-bond donors (Lipinski definition) is 1. The predicted molar refractivity (Wildman–Crippen MR) is 163 cm³/mol. The molecule has 1 amide bonds. The maximum absolute atomic E-state index is 13.1. The fourth-order valence-electron chi connectivity index (χ4n) is 5.56. The smallest absolute Gasteiger partial charge is 0.254 e. The second kappa shape index (κ2) is 14.3. The highest BCUT2D eigenvalue weighted by molar-refractivity contribution is 7.75. The third-order valence-electron chi connectivity index (χ3n) is 7.97. The van der Waals surface area contributed by atoms with E-state index in [4.69, 9.17) is 16.3 Å². The van der Waals surface area contributed by atoms with Crippen LogP contribution in [0.15, 0.2) is 66.1 Å². The van der Waals surface area contributed by atoms with E-state index >= 15 is 0 Å². The Balaban J connectivity index is 1.71. The summed E-state index contributed by atoms with van der Waals surface area (Å²) in [6.45, 7) is 11.3. The first-order valence-corrected chi connectivity index (χ1v) is 15.8. The van der Waals surface area contributed by atoms with Crippen molar-refractivity contribution in [1.82, 2.24) is 0 Å². The summed E-state index contributed by atoms with van der Waals surface area (Å²) in [7, 11) is -1.62. The zero-order valence-corrected chi connectivity index (χ0v) is 24.8. The number of hydrogen-bond acceptors (Lipinski definition) is 6. The molecule has 0 unspecified atom stereocenters. The van der Waals surface area contributed by atoms with Gasteiger partial charge in [-0.25, -0.2) is 0 Å². The van der Waals surface area contributed by atoms with Crippen LogP contribution >= 0.6 is 11.6 Å². The Labute approximate surface area is 245 Å². The Morgan fingerprint density at radius 3 is 2.77 bits per heavy atom. The van der Waals surface area contributed by atoms with E-state index in [-0.39, 0.29) is 17.8 Å². The van der Waals surface area contributed by atoms with Crippen molar-refractivity contribution in [2.24, 2.45) is 22.1 Å². The lowest BCUT2D eigenvalue weighted by Gasteiger charge is -2.42. The van der Waals surface area contributed by atoms with Gasteiger partial charge in [-0.1, -0.05) is 48.4 Å². The Bertz CT molecular complexity index is 1310. The minimum Gasteiger partial charge on any atom is -0.491 e. The monoisotopic (exact) mass is 583 g/mol. The Hall–Kier alpha value is -2.61. The molecule has 1 aliphatic heterocycles. The summed E-state index contributed by atoms with van der Waals surface area (Å²) in [5.41, 5.74) is 3.56. The number of aryl methyl sites for hydroxylation is 1. The van der Waals surface area contributed by atoms with E-state index in [0.29, 0.717) is 36.8 Å². The van der Waals surface area contributed by atoms with Gasteiger partial charge in [-0.3, -0.25) is 4.79 Å². The zero-order chi connectivity index (χ0) is 28.6. The van der Waals surface area contributed by atoms with Crippen molar-refractivity contribution in [3.05, 3.63) is 83.4 Å². The second-order valence-electron chi connectivity index (χ2n) is 11.0. The summed E-state index contributed by atoms with van der Waals surface area (Å²) in [6.07, 6.45) is 8.30. The summed E-state index contributed by atoms with van der Waals surface area (Å²) in [5.74, 6) is 1.05. The van der Waals surface area contributed by atoms with Gasteiger partial charge >= 0.3 is 0 Å². The highest BCUT2D eigenvalue weighted by Crippen LogP contribution is 2.41. The van der Waals surface area contributed by atoms with Crippen molar-refractivity contribution >= 4 is 33.8 Å². The third kappa shape index (κ3) is 7.77. The molecule has 1 aliphatic carbocycles. The molecule has 6 nitrogen and oxygen atoms in total. The highest BCUT2D eigenvalue weighted by atomic mass is 35.5. The van der Waals surface area contributed by atoms with Gasteiger partial charge < -0.3 is 23.3 Å². The third-order valence-corrected chi connectivity index (χ3v) is 9.43. The van der Waals surface area contributed by atoms with Gasteiger partial charge in [0.1, 0.15) is 5.75 Å². The molecular formula is C32H40ClN2O4S-. The lowest BCUT2D eigenvalue weighted by Crippen LogP contribution is -2.42. The number of carbonyl (C=O) groups is 1. The molecule has 0 spiro atoms. The van der Waals surface area contributed by atoms with Gasteiger partial charge in [0.25, 0.3) is 5.91 Å². The molecule has 1 heterocycles. The minimum atomic E-state index is -1.62. The first kappa shape index (κ1) is 30.4. The summed E-state index contributed by atoms with van der Waals surface area (Å²) in [5, 5.41) is 11.2. The summed E-state index contributed by atoms with van der Waals surface area (Å²) >= 11 is 6.37. The van der Waals surface area contributed by atoms with Crippen molar-refractivity contribution < 1.29 is 18.8 Å². The van der Waals surface area contributed by atoms with E-state index in [1.807, 2.05) is 31.2 Å². The van der Waals surface area contributed by atoms with Crippen molar-refractivity contribution in [3.63, 3.8) is 0 Å². The number of aliphatic hydroxyl groups is 1. The molecule has 2 aliphatic rings. The summed E-state index contributed by atoms with van der Waals surface area (Å²) < 4.78 is 22.8. The topological polar surface area (TPSA) is 79.2 Å². The molecule has 2 aromatic rings. The normalized spacial score (nSPS) is 21.4. The van der Waals surface area contributed by atoms with Crippen molar-refractivity contribution in [3.8, 4) is 5.75 Å². The standard InChI is InChI=1S/C32H40ClN2O4S/c1-4-8-22(3)21-40(38)34-32(37)24-12-15-31-29(18-24)35(20-26-11-14-28(26)30(36)5-2)19-25-10-13-27(33)17-23(25)9-6-7-16-39-31/h4-5,10,12-13,15,17-18,22,26,28,30,36H,1-2,6-9,11,14,16,19-21H2,3H3/q-1/t22-,26-,28+,30-/m0/s1. The minimum absolute atomic E-state index is 0.126. The number of allylic oxidation sites excluding steroid dienone is 1. The number of aliphatic hydroxyl groups excluding tert-OH is 1. The van der Waals surface area contributed by atoms with Crippen LogP contribution in [0.1, 0.15) is 60.5 Å². The zero-order valence-electron chi connectivity index (χ0n) is 23.3. The van der Waals surface area contributed by atoms with Crippen LogP contribution in [0.25, 0.3) is 0 Å². The maximum Gasteiger partial charge on any atom is 0.254 e. The second-order valence-corrected chi connectivity index (χ2v) is 12.6. The van der Waals surface area contributed by atoms with Crippen molar-refractivity contribution in [2.75, 3.05) is 23.8 Å². The SMILES string of the molecule is C=CC[C@H](C)C[S-](=O)=NC(=O)c1ccc2c(c1)N(C[C@@H]1CC[C@H]1[C@@H](O)C=C)Cc1ccc(Cl)cc1CCCCO2. The molecule has 1 fully saturated rings. The van der Waals surface area contributed by atoms with E-state index in [1.165, 1.54) is 11.1 Å². The van der Waals surface area contributed by atoms with Gasteiger partial charge in [0.2, 0.25) is 0 Å². The molecule has 216 valence electrons. The lowest BCUT2D eigenvalue weighted by molar-refractivity contribution is 0.0464. The molecule has 4 atom stereocenters. The van der Waals surface area contributed by atoms with Crippen LogP contribution in [-0.4, -0.2) is 36.0 Å². The number of carbonyl (C=O) groups excluding carboxylic acids is 1. The Kier molecular flexibility index (Phi) is 10.9.